The van der Waals surface area contributed by atoms with Gasteiger partial charge in [0, 0.05) is 12.0 Å². The van der Waals surface area contributed by atoms with Gasteiger partial charge in [0.2, 0.25) is 0 Å². The molecule has 6 heteroatoms. The van der Waals surface area contributed by atoms with Gasteiger partial charge in [0.05, 0.1) is 13.2 Å². The summed E-state index contributed by atoms with van der Waals surface area (Å²) in [5.41, 5.74) is 1.65. The molecule has 0 radical (unpaired) electrons. The van der Waals surface area contributed by atoms with E-state index in [0.29, 0.717) is 31.8 Å². The number of carbonyl (C=O) groups is 2. The molecule has 0 aromatic rings. The van der Waals surface area contributed by atoms with Gasteiger partial charge in [-0.15, -0.1) is 0 Å². The Morgan fingerprint density at radius 3 is 1.74 bits per heavy atom. The highest BCUT2D eigenvalue weighted by atomic mass is 16.6. The summed E-state index contributed by atoms with van der Waals surface area (Å²) in [6.07, 6.45) is 21.1. The second kappa shape index (κ2) is 17.7. The largest absolute Gasteiger partial charge is 0.463 e. The first-order valence-electron chi connectivity index (χ1n) is 13.5. The summed E-state index contributed by atoms with van der Waals surface area (Å²) >= 11 is 0. The van der Waals surface area contributed by atoms with Crippen LogP contribution in [-0.4, -0.2) is 50.6 Å². The summed E-state index contributed by atoms with van der Waals surface area (Å²) in [6.45, 7) is 6.02. The third-order valence-corrected chi connectivity index (χ3v) is 6.40. The van der Waals surface area contributed by atoms with E-state index in [1.807, 2.05) is 19.9 Å². The minimum absolute atomic E-state index is 0.0780. The number of carbonyl (C=O) groups excluding carboxylic acids is 2. The molecule has 2 fully saturated rings. The topological polar surface area (TPSA) is 77.7 Å². The number of rotatable bonds is 21. The van der Waals surface area contributed by atoms with E-state index in [1.54, 1.807) is 0 Å². The highest BCUT2D eigenvalue weighted by molar-refractivity contribution is 5.89. The quantitative estimate of drug-likeness (QED) is 0.0640. The van der Waals surface area contributed by atoms with Crippen LogP contribution in [0.1, 0.15) is 104 Å². The van der Waals surface area contributed by atoms with Gasteiger partial charge in [0.15, 0.2) is 0 Å². The SMILES string of the molecule is CC(C=CCCCCCCCCCCCCCCC(=O)OCC1CO1)=C(C)C(=O)OCC1CO1. The van der Waals surface area contributed by atoms with Crippen molar-refractivity contribution in [2.24, 2.45) is 0 Å². The van der Waals surface area contributed by atoms with Crippen LogP contribution in [-0.2, 0) is 28.5 Å². The fourth-order valence-electron chi connectivity index (χ4n) is 3.71. The molecule has 6 nitrogen and oxygen atoms in total. The maximum Gasteiger partial charge on any atom is 0.334 e. The molecule has 2 aliphatic heterocycles. The summed E-state index contributed by atoms with van der Waals surface area (Å²) in [5, 5.41) is 0. The fraction of sp³-hybridized carbons (Fsp3) is 0.786. The van der Waals surface area contributed by atoms with Gasteiger partial charge in [-0.1, -0.05) is 76.4 Å². The van der Waals surface area contributed by atoms with Crippen molar-refractivity contribution in [2.45, 2.75) is 116 Å². The molecule has 194 valence electrons. The van der Waals surface area contributed by atoms with Gasteiger partial charge in [-0.25, -0.2) is 4.79 Å². The van der Waals surface area contributed by atoms with E-state index in [0.717, 1.165) is 31.4 Å². The smallest absolute Gasteiger partial charge is 0.334 e. The lowest BCUT2D eigenvalue weighted by Crippen LogP contribution is -2.11. The number of epoxide rings is 2. The minimum atomic E-state index is -0.241. The van der Waals surface area contributed by atoms with Crippen LogP contribution in [0, 0.1) is 0 Å². The summed E-state index contributed by atoms with van der Waals surface area (Å²) in [4.78, 5) is 23.5. The Kier molecular flexibility index (Phi) is 14.9. The number of allylic oxidation sites excluding steroid dienone is 3. The molecule has 0 aliphatic carbocycles. The molecule has 2 heterocycles. The number of unbranched alkanes of at least 4 members (excludes halogenated alkanes) is 12. The molecule has 0 saturated carbocycles. The standard InChI is InChI=1S/C28H46O6/c1-23(24(2)28(30)34-22-26-20-32-26)17-15-13-11-9-7-5-3-4-6-8-10-12-14-16-18-27(29)33-21-25-19-31-25/h15,17,25-26H,3-14,16,18-22H2,1-2H3. The van der Waals surface area contributed by atoms with E-state index in [2.05, 4.69) is 6.08 Å². The van der Waals surface area contributed by atoms with Crippen molar-refractivity contribution in [3.8, 4) is 0 Å². The second-order valence-electron chi connectivity index (χ2n) is 9.68. The van der Waals surface area contributed by atoms with Crippen molar-refractivity contribution in [1.82, 2.24) is 0 Å². The fourth-order valence-corrected chi connectivity index (χ4v) is 3.71. The van der Waals surface area contributed by atoms with Gasteiger partial charge in [-0.3, -0.25) is 4.79 Å². The molecule has 2 rings (SSSR count). The zero-order valence-electron chi connectivity index (χ0n) is 21.5. The first-order valence-corrected chi connectivity index (χ1v) is 13.5. The third kappa shape index (κ3) is 15.3. The molecule has 0 aromatic heterocycles. The summed E-state index contributed by atoms with van der Waals surface area (Å²) in [7, 11) is 0. The monoisotopic (exact) mass is 478 g/mol. The van der Waals surface area contributed by atoms with Gasteiger partial charge >= 0.3 is 11.9 Å². The molecule has 34 heavy (non-hydrogen) atoms. The summed E-state index contributed by atoms with van der Waals surface area (Å²) in [5.74, 6) is -0.319. The Labute approximate surface area is 206 Å². The van der Waals surface area contributed by atoms with E-state index in [1.165, 1.54) is 64.2 Å². The molecule has 2 unspecified atom stereocenters. The van der Waals surface area contributed by atoms with Gasteiger partial charge in [-0.05, 0) is 38.7 Å². The molecule has 2 saturated heterocycles. The Bertz CT molecular complexity index is 645. The van der Waals surface area contributed by atoms with E-state index >= 15 is 0 Å². The first-order chi connectivity index (χ1) is 16.6. The van der Waals surface area contributed by atoms with E-state index in [-0.39, 0.29) is 24.1 Å². The van der Waals surface area contributed by atoms with Gasteiger partial charge in [0.25, 0.3) is 0 Å². The van der Waals surface area contributed by atoms with Crippen molar-refractivity contribution in [3.05, 3.63) is 23.3 Å². The highest BCUT2D eigenvalue weighted by Gasteiger charge is 2.25. The minimum Gasteiger partial charge on any atom is -0.463 e. The normalized spacial score (nSPS) is 19.7. The molecule has 2 atom stereocenters. The van der Waals surface area contributed by atoms with Crippen LogP contribution in [0.15, 0.2) is 23.3 Å². The average molecular weight is 479 g/mol. The van der Waals surface area contributed by atoms with Crippen LogP contribution >= 0.6 is 0 Å². The second-order valence-corrected chi connectivity index (χ2v) is 9.68. The van der Waals surface area contributed by atoms with Crippen LogP contribution in [0.5, 0.6) is 0 Å². The molecule has 0 spiro atoms. The predicted molar refractivity (Wildman–Crippen MR) is 134 cm³/mol. The average Bonchev–Trinajstić information content (AvgIpc) is 3.75. The zero-order chi connectivity index (χ0) is 24.4. The number of ether oxygens (including phenoxy) is 4. The van der Waals surface area contributed by atoms with Crippen LogP contribution in [0.25, 0.3) is 0 Å². The Morgan fingerprint density at radius 1 is 0.735 bits per heavy atom. The maximum atomic E-state index is 12.0. The molecule has 0 bridgehead atoms. The van der Waals surface area contributed by atoms with Gasteiger partial charge < -0.3 is 18.9 Å². The maximum absolute atomic E-state index is 12.0. The number of hydrogen-bond acceptors (Lipinski definition) is 6. The summed E-state index contributed by atoms with van der Waals surface area (Å²) < 4.78 is 20.4. The van der Waals surface area contributed by atoms with Crippen molar-refractivity contribution in [1.29, 1.82) is 0 Å². The van der Waals surface area contributed by atoms with Crippen LogP contribution < -0.4 is 0 Å². The molecular formula is C28H46O6. The molecule has 2 aliphatic rings. The molecule has 0 amide bonds. The summed E-state index contributed by atoms with van der Waals surface area (Å²) in [6, 6.07) is 0. The van der Waals surface area contributed by atoms with E-state index < -0.39 is 0 Å². The van der Waals surface area contributed by atoms with Crippen molar-refractivity contribution < 1.29 is 28.5 Å². The van der Waals surface area contributed by atoms with Crippen LogP contribution in [0.3, 0.4) is 0 Å². The zero-order valence-corrected chi connectivity index (χ0v) is 21.5. The van der Waals surface area contributed by atoms with Gasteiger partial charge in [0.1, 0.15) is 25.4 Å². The Balaban J connectivity index is 1.30. The van der Waals surface area contributed by atoms with E-state index in [4.69, 9.17) is 18.9 Å². The molecule has 0 N–H and O–H groups in total. The molecule has 0 aromatic carbocycles. The van der Waals surface area contributed by atoms with Gasteiger partial charge in [-0.2, -0.15) is 0 Å². The Morgan fingerprint density at radius 2 is 1.21 bits per heavy atom. The van der Waals surface area contributed by atoms with E-state index in [9.17, 15) is 9.59 Å². The Hall–Kier alpha value is -1.66. The van der Waals surface area contributed by atoms with Crippen molar-refractivity contribution >= 4 is 11.9 Å². The van der Waals surface area contributed by atoms with Crippen LogP contribution in [0.2, 0.25) is 0 Å². The first kappa shape index (κ1) is 28.6. The third-order valence-electron chi connectivity index (χ3n) is 6.40. The van der Waals surface area contributed by atoms with Crippen molar-refractivity contribution in [3.63, 3.8) is 0 Å². The lowest BCUT2D eigenvalue weighted by atomic mass is 10.0. The molecular weight excluding hydrogens is 432 g/mol. The lowest BCUT2D eigenvalue weighted by molar-refractivity contribution is -0.144. The lowest BCUT2D eigenvalue weighted by Gasteiger charge is -2.05. The highest BCUT2D eigenvalue weighted by Crippen LogP contribution is 2.15. The number of hydrogen-bond donors (Lipinski definition) is 0. The van der Waals surface area contributed by atoms with Crippen molar-refractivity contribution in [2.75, 3.05) is 26.4 Å². The number of esters is 2. The van der Waals surface area contributed by atoms with Crippen LogP contribution in [0.4, 0.5) is 0 Å². The predicted octanol–water partition coefficient (Wildman–Crippen LogP) is 6.22.